The number of aromatic nitrogens is 2. The predicted molar refractivity (Wildman–Crippen MR) is 77.2 cm³/mol. The van der Waals surface area contributed by atoms with Crippen molar-refractivity contribution in [1.29, 1.82) is 0 Å². The van der Waals surface area contributed by atoms with Gasteiger partial charge in [-0.1, -0.05) is 31.4 Å². The summed E-state index contributed by atoms with van der Waals surface area (Å²) in [7, 11) is 0. The SMILES string of the molecule is OCC1(CNc2cccc3cn[nH]c23)CCCCC1. The van der Waals surface area contributed by atoms with E-state index >= 15 is 0 Å². The fourth-order valence-corrected chi connectivity index (χ4v) is 3.09. The molecule has 0 amide bonds. The molecule has 1 aliphatic rings. The molecule has 0 aliphatic heterocycles. The van der Waals surface area contributed by atoms with Crippen LogP contribution in [0.25, 0.3) is 10.9 Å². The maximum absolute atomic E-state index is 9.73. The Balaban J connectivity index is 1.76. The molecule has 4 nitrogen and oxygen atoms in total. The molecular formula is C15H21N3O. The Morgan fingerprint density at radius 1 is 1.26 bits per heavy atom. The second kappa shape index (κ2) is 5.21. The Bertz CT molecular complexity index is 543. The maximum Gasteiger partial charge on any atom is 0.0881 e. The highest BCUT2D eigenvalue weighted by molar-refractivity contribution is 5.89. The van der Waals surface area contributed by atoms with Crippen LogP contribution in [0, 0.1) is 5.41 Å². The Kier molecular flexibility index (Phi) is 3.42. The normalized spacial score (nSPS) is 18.6. The summed E-state index contributed by atoms with van der Waals surface area (Å²) >= 11 is 0. The molecule has 102 valence electrons. The van der Waals surface area contributed by atoms with Gasteiger partial charge >= 0.3 is 0 Å². The minimum atomic E-state index is 0.0560. The van der Waals surface area contributed by atoms with Crippen molar-refractivity contribution in [2.24, 2.45) is 5.41 Å². The molecule has 1 aromatic heterocycles. The first-order valence-electron chi connectivity index (χ1n) is 7.10. The number of rotatable bonds is 4. The molecule has 0 unspecified atom stereocenters. The first kappa shape index (κ1) is 12.5. The van der Waals surface area contributed by atoms with Gasteiger partial charge in [-0.3, -0.25) is 5.10 Å². The van der Waals surface area contributed by atoms with Gasteiger partial charge in [-0.2, -0.15) is 5.10 Å². The Hall–Kier alpha value is -1.55. The third-order valence-electron chi connectivity index (χ3n) is 4.38. The van der Waals surface area contributed by atoms with Gasteiger partial charge in [0.05, 0.1) is 24.0 Å². The summed E-state index contributed by atoms with van der Waals surface area (Å²) in [6, 6.07) is 6.15. The summed E-state index contributed by atoms with van der Waals surface area (Å²) in [4.78, 5) is 0. The molecule has 1 fully saturated rings. The summed E-state index contributed by atoms with van der Waals surface area (Å²) in [5, 5.41) is 21.5. The van der Waals surface area contributed by atoms with Crippen LogP contribution in [0.5, 0.6) is 0 Å². The lowest BCUT2D eigenvalue weighted by Gasteiger charge is -2.36. The second-order valence-electron chi connectivity index (χ2n) is 5.71. The van der Waals surface area contributed by atoms with Crippen LogP contribution in [0.3, 0.4) is 0 Å². The van der Waals surface area contributed by atoms with Gasteiger partial charge in [-0.05, 0) is 18.9 Å². The van der Waals surface area contributed by atoms with Crippen molar-refractivity contribution in [3.8, 4) is 0 Å². The van der Waals surface area contributed by atoms with E-state index in [0.29, 0.717) is 0 Å². The van der Waals surface area contributed by atoms with Crippen LogP contribution in [0.4, 0.5) is 5.69 Å². The van der Waals surface area contributed by atoms with Crippen molar-refractivity contribution in [1.82, 2.24) is 10.2 Å². The first-order valence-corrected chi connectivity index (χ1v) is 7.10. The lowest BCUT2D eigenvalue weighted by Crippen LogP contribution is -2.35. The van der Waals surface area contributed by atoms with Gasteiger partial charge < -0.3 is 10.4 Å². The molecule has 0 bridgehead atoms. The molecule has 0 saturated heterocycles. The van der Waals surface area contributed by atoms with Crippen molar-refractivity contribution in [3.63, 3.8) is 0 Å². The standard InChI is InChI=1S/C15H21N3O/c19-11-15(7-2-1-3-8-15)10-16-13-6-4-5-12-9-17-18-14(12)13/h4-6,9,16,19H,1-3,7-8,10-11H2,(H,17,18). The number of aromatic amines is 1. The van der Waals surface area contributed by atoms with Crippen LogP contribution in [0.1, 0.15) is 32.1 Å². The zero-order chi connectivity index (χ0) is 13.1. The zero-order valence-electron chi connectivity index (χ0n) is 11.2. The highest BCUT2D eigenvalue weighted by Crippen LogP contribution is 2.36. The molecule has 2 aromatic rings. The van der Waals surface area contributed by atoms with Gasteiger partial charge in [0.25, 0.3) is 0 Å². The second-order valence-corrected chi connectivity index (χ2v) is 5.71. The molecule has 0 spiro atoms. The number of benzene rings is 1. The van der Waals surface area contributed by atoms with Crippen molar-refractivity contribution < 1.29 is 5.11 Å². The van der Waals surface area contributed by atoms with E-state index in [9.17, 15) is 5.11 Å². The van der Waals surface area contributed by atoms with E-state index in [1.54, 1.807) is 0 Å². The number of nitrogens with zero attached hydrogens (tertiary/aromatic N) is 1. The van der Waals surface area contributed by atoms with E-state index in [0.717, 1.165) is 36.0 Å². The number of fused-ring (bicyclic) bond motifs is 1. The number of hydrogen-bond donors (Lipinski definition) is 3. The monoisotopic (exact) mass is 259 g/mol. The number of aliphatic hydroxyl groups is 1. The molecule has 3 N–H and O–H groups in total. The van der Waals surface area contributed by atoms with Gasteiger partial charge in [-0.25, -0.2) is 0 Å². The highest BCUT2D eigenvalue weighted by atomic mass is 16.3. The van der Waals surface area contributed by atoms with Gasteiger partial charge in [-0.15, -0.1) is 0 Å². The molecule has 1 heterocycles. The van der Waals surface area contributed by atoms with E-state index in [2.05, 4.69) is 21.6 Å². The van der Waals surface area contributed by atoms with Crippen LogP contribution in [-0.2, 0) is 0 Å². The van der Waals surface area contributed by atoms with Crippen molar-refractivity contribution in [3.05, 3.63) is 24.4 Å². The molecular weight excluding hydrogens is 238 g/mol. The van der Waals surface area contributed by atoms with Gasteiger partial charge in [0.2, 0.25) is 0 Å². The van der Waals surface area contributed by atoms with Crippen molar-refractivity contribution in [2.45, 2.75) is 32.1 Å². The Labute approximate surface area is 113 Å². The summed E-state index contributed by atoms with van der Waals surface area (Å²) in [6.45, 7) is 1.11. The Morgan fingerprint density at radius 3 is 2.89 bits per heavy atom. The van der Waals surface area contributed by atoms with E-state index in [-0.39, 0.29) is 12.0 Å². The predicted octanol–water partition coefficient (Wildman–Crippen LogP) is 2.92. The highest BCUT2D eigenvalue weighted by Gasteiger charge is 2.31. The third-order valence-corrected chi connectivity index (χ3v) is 4.38. The van der Waals surface area contributed by atoms with Crippen LogP contribution in [0.2, 0.25) is 0 Å². The first-order chi connectivity index (χ1) is 9.33. The van der Waals surface area contributed by atoms with Crippen molar-refractivity contribution in [2.75, 3.05) is 18.5 Å². The fraction of sp³-hybridized carbons (Fsp3) is 0.533. The number of para-hydroxylation sites is 1. The van der Waals surface area contributed by atoms with E-state index in [4.69, 9.17) is 0 Å². The largest absolute Gasteiger partial charge is 0.396 e. The molecule has 3 rings (SSSR count). The minimum Gasteiger partial charge on any atom is -0.396 e. The number of H-pyrrole nitrogens is 1. The number of anilines is 1. The van der Waals surface area contributed by atoms with Gasteiger partial charge in [0.1, 0.15) is 0 Å². The molecule has 0 radical (unpaired) electrons. The minimum absolute atomic E-state index is 0.0560. The number of nitrogens with one attached hydrogen (secondary N) is 2. The van der Waals surface area contributed by atoms with Crippen LogP contribution in [0.15, 0.2) is 24.4 Å². The molecule has 1 aromatic carbocycles. The lowest BCUT2D eigenvalue weighted by atomic mass is 9.74. The molecule has 4 heteroatoms. The molecule has 1 aliphatic carbocycles. The number of aliphatic hydroxyl groups excluding tert-OH is 1. The van der Waals surface area contributed by atoms with Crippen molar-refractivity contribution >= 4 is 16.6 Å². The smallest absolute Gasteiger partial charge is 0.0881 e. The summed E-state index contributed by atoms with van der Waals surface area (Å²) in [6.07, 6.45) is 7.85. The summed E-state index contributed by atoms with van der Waals surface area (Å²) in [5.41, 5.74) is 2.18. The lowest BCUT2D eigenvalue weighted by molar-refractivity contribution is 0.0944. The quantitative estimate of drug-likeness (QED) is 0.791. The molecule has 1 saturated carbocycles. The Morgan fingerprint density at radius 2 is 2.11 bits per heavy atom. The summed E-state index contributed by atoms with van der Waals surface area (Å²) < 4.78 is 0. The van der Waals surface area contributed by atoms with E-state index in [1.807, 2.05) is 18.3 Å². The van der Waals surface area contributed by atoms with E-state index < -0.39 is 0 Å². The molecule has 19 heavy (non-hydrogen) atoms. The number of hydrogen-bond acceptors (Lipinski definition) is 3. The van der Waals surface area contributed by atoms with Crippen LogP contribution in [-0.4, -0.2) is 28.5 Å². The van der Waals surface area contributed by atoms with Crippen LogP contribution >= 0.6 is 0 Å². The summed E-state index contributed by atoms with van der Waals surface area (Å²) in [5.74, 6) is 0. The van der Waals surface area contributed by atoms with E-state index in [1.165, 1.54) is 19.3 Å². The topological polar surface area (TPSA) is 60.9 Å². The molecule has 0 atom stereocenters. The fourth-order valence-electron chi connectivity index (χ4n) is 3.09. The average molecular weight is 259 g/mol. The average Bonchev–Trinajstić information content (AvgIpc) is 2.95. The van der Waals surface area contributed by atoms with Crippen LogP contribution < -0.4 is 5.32 Å². The third kappa shape index (κ3) is 2.45. The van der Waals surface area contributed by atoms with Gasteiger partial charge in [0.15, 0.2) is 0 Å². The van der Waals surface area contributed by atoms with Gasteiger partial charge in [0, 0.05) is 17.3 Å². The zero-order valence-corrected chi connectivity index (χ0v) is 11.2. The maximum atomic E-state index is 9.73.